The van der Waals surface area contributed by atoms with Crippen LogP contribution in [0.3, 0.4) is 0 Å². The summed E-state index contributed by atoms with van der Waals surface area (Å²) in [4.78, 5) is 27.9. The Kier molecular flexibility index (Phi) is 7.16. The van der Waals surface area contributed by atoms with Crippen LogP contribution in [0.15, 0.2) is 24.3 Å². The van der Waals surface area contributed by atoms with Crippen molar-refractivity contribution in [2.75, 3.05) is 33.7 Å². The fourth-order valence-electron chi connectivity index (χ4n) is 2.73. The van der Waals surface area contributed by atoms with Crippen LogP contribution in [0.25, 0.3) is 0 Å². The van der Waals surface area contributed by atoms with Crippen LogP contribution >= 0.6 is 11.8 Å². The maximum atomic E-state index is 12.7. The van der Waals surface area contributed by atoms with Crippen molar-refractivity contribution in [3.8, 4) is 0 Å². The Labute approximate surface area is 161 Å². The number of rotatable bonds is 7. The predicted octanol–water partition coefficient (Wildman–Crippen LogP) is 2.74. The SMILES string of the molecule is C[C@H]1S[C@@H](c2ccc(C(F)(F)F)cc2)N(CCC(=O)NCCN(C)C)C1=O. The topological polar surface area (TPSA) is 52.7 Å². The fourth-order valence-corrected chi connectivity index (χ4v) is 4.04. The number of carbonyl (C=O) groups is 2. The molecule has 1 heterocycles. The van der Waals surface area contributed by atoms with Gasteiger partial charge in [-0.2, -0.15) is 13.2 Å². The summed E-state index contributed by atoms with van der Waals surface area (Å²) < 4.78 is 38.2. The number of hydrogen-bond donors (Lipinski definition) is 1. The van der Waals surface area contributed by atoms with Crippen LogP contribution in [0.4, 0.5) is 13.2 Å². The first kappa shape index (κ1) is 21.6. The molecule has 1 saturated heterocycles. The molecule has 1 aliphatic rings. The van der Waals surface area contributed by atoms with Crippen LogP contribution < -0.4 is 5.32 Å². The van der Waals surface area contributed by atoms with Crippen LogP contribution in [0.5, 0.6) is 0 Å². The zero-order valence-electron chi connectivity index (χ0n) is 15.5. The summed E-state index contributed by atoms with van der Waals surface area (Å²) in [7, 11) is 3.81. The smallest absolute Gasteiger partial charge is 0.355 e. The van der Waals surface area contributed by atoms with Crippen LogP contribution in [0.2, 0.25) is 0 Å². The highest BCUT2D eigenvalue weighted by molar-refractivity contribution is 8.01. The van der Waals surface area contributed by atoms with Crippen molar-refractivity contribution in [3.05, 3.63) is 35.4 Å². The van der Waals surface area contributed by atoms with Gasteiger partial charge in [-0.05, 0) is 38.7 Å². The molecule has 1 aromatic rings. The number of likely N-dealkylation sites (N-methyl/N-ethyl adjacent to an activating group) is 1. The van der Waals surface area contributed by atoms with Gasteiger partial charge in [-0.25, -0.2) is 0 Å². The largest absolute Gasteiger partial charge is 0.416 e. The quantitative estimate of drug-likeness (QED) is 0.761. The molecule has 2 amide bonds. The second-order valence-electron chi connectivity index (χ2n) is 6.69. The van der Waals surface area contributed by atoms with Gasteiger partial charge in [0, 0.05) is 26.1 Å². The first-order valence-electron chi connectivity index (χ1n) is 8.64. The lowest BCUT2D eigenvalue weighted by molar-refractivity contribution is -0.137. The highest BCUT2D eigenvalue weighted by atomic mass is 32.2. The number of amides is 2. The minimum atomic E-state index is -4.39. The van der Waals surface area contributed by atoms with E-state index >= 15 is 0 Å². The van der Waals surface area contributed by atoms with Gasteiger partial charge in [0.05, 0.1) is 10.8 Å². The number of alkyl halides is 3. The molecule has 1 aliphatic heterocycles. The summed E-state index contributed by atoms with van der Waals surface area (Å²) in [6.45, 7) is 3.24. The molecule has 27 heavy (non-hydrogen) atoms. The Bertz CT molecular complexity index is 665. The third-order valence-electron chi connectivity index (χ3n) is 4.23. The number of nitrogens with zero attached hydrogens (tertiary/aromatic N) is 2. The maximum Gasteiger partial charge on any atom is 0.416 e. The van der Waals surface area contributed by atoms with Gasteiger partial charge < -0.3 is 15.1 Å². The molecule has 1 fully saturated rings. The van der Waals surface area contributed by atoms with Crippen LogP contribution in [-0.4, -0.2) is 60.6 Å². The molecule has 0 bridgehead atoms. The Morgan fingerprint density at radius 3 is 2.44 bits per heavy atom. The van der Waals surface area contributed by atoms with Crippen molar-refractivity contribution in [2.24, 2.45) is 0 Å². The highest BCUT2D eigenvalue weighted by Crippen LogP contribution is 2.43. The van der Waals surface area contributed by atoms with Gasteiger partial charge in [-0.1, -0.05) is 12.1 Å². The fraction of sp³-hybridized carbons (Fsp3) is 0.556. The Hall–Kier alpha value is -1.74. The second-order valence-corrected chi connectivity index (χ2v) is 8.11. The number of carbonyl (C=O) groups excluding carboxylic acids is 2. The zero-order chi connectivity index (χ0) is 20.2. The lowest BCUT2D eigenvalue weighted by Gasteiger charge is -2.24. The monoisotopic (exact) mass is 403 g/mol. The van der Waals surface area contributed by atoms with Crippen molar-refractivity contribution in [1.29, 1.82) is 0 Å². The second kappa shape index (κ2) is 8.97. The standard InChI is InChI=1S/C18H24F3N3O2S/c1-12-16(26)24(10-8-15(25)22-9-11-23(2)3)17(27-12)13-4-6-14(7-5-13)18(19,20)21/h4-7,12,17H,8-11H2,1-3H3,(H,22,25)/t12-,17+/m1/s1. The first-order valence-corrected chi connectivity index (χ1v) is 9.58. The molecule has 0 aromatic heterocycles. The first-order chi connectivity index (χ1) is 12.6. The van der Waals surface area contributed by atoms with Gasteiger partial charge >= 0.3 is 6.18 Å². The maximum absolute atomic E-state index is 12.7. The molecule has 9 heteroatoms. The number of halogens is 3. The van der Waals surface area contributed by atoms with E-state index in [0.717, 1.165) is 18.7 Å². The van der Waals surface area contributed by atoms with Gasteiger partial charge in [0.15, 0.2) is 0 Å². The summed E-state index contributed by atoms with van der Waals surface area (Å²) in [6, 6.07) is 4.84. The van der Waals surface area contributed by atoms with Crippen LogP contribution in [-0.2, 0) is 15.8 Å². The van der Waals surface area contributed by atoms with E-state index in [2.05, 4.69) is 5.32 Å². The molecular formula is C18H24F3N3O2S. The van der Waals surface area contributed by atoms with E-state index < -0.39 is 11.7 Å². The average Bonchev–Trinajstić information content (AvgIpc) is 2.87. The van der Waals surface area contributed by atoms with Crippen LogP contribution in [0, 0.1) is 0 Å². The Morgan fingerprint density at radius 1 is 1.26 bits per heavy atom. The van der Waals surface area contributed by atoms with Crippen molar-refractivity contribution < 1.29 is 22.8 Å². The summed E-state index contributed by atoms with van der Waals surface area (Å²) >= 11 is 1.38. The molecule has 0 aliphatic carbocycles. The third-order valence-corrected chi connectivity index (χ3v) is 5.63. The summed E-state index contributed by atoms with van der Waals surface area (Å²) in [5.41, 5.74) is -0.0980. The van der Waals surface area contributed by atoms with E-state index in [-0.39, 0.29) is 35.4 Å². The van der Waals surface area contributed by atoms with E-state index in [4.69, 9.17) is 0 Å². The summed E-state index contributed by atoms with van der Waals surface area (Å²) in [5.74, 6) is -0.258. The van der Waals surface area contributed by atoms with Crippen molar-refractivity contribution >= 4 is 23.6 Å². The zero-order valence-corrected chi connectivity index (χ0v) is 16.4. The minimum Gasteiger partial charge on any atom is -0.355 e. The van der Waals surface area contributed by atoms with Crippen LogP contribution in [0.1, 0.15) is 29.8 Å². The van der Waals surface area contributed by atoms with Crippen molar-refractivity contribution in [1.82, 2.24) is 15.1 Å². The highest BCUT2D eigenvalue weighted by Gasteiger charge is 2.39. The lowest BCUT2D eigenvalue weighted by Crippen LogP contribution is -2.36. The minimum absolute atomic E-state index is 0.106. The van der Waals surface area contributed by atoms with E-state index in [1.54, 1.807) is 11.8 Å². The molecule has 0 unspecified atom stereocenters. The van der Waals surface area contributed by atoms with Gasteiger partial charge in [-0.3, -0.25) is 9.59 Å². The van der Waals surface area contributed by atoms with E-state index in [1.165, 1.54) is 23.9 Å². The van der Waals surface area contributed by atoms with Crippen molar-refractivity contribution in [3.63, 3.8) is 0 Å². The van der Waals surface area contributed by atoms with Gasteiger partial charge in [0.1, 0.15) is 5.37 Å². The number of benzene rings is 1. The number of hydrogen-bond acceptors (Lipinski definition) is 4. The third kappa shape index (κ3) is 5.87. The molecule has 150 valence electrons. The summed E-state index contributed by atoms with van der Waals surface area (Å²) in [6.07, 6.45) is -4.24. The lowest BCUT2D eigenvalue weighted by atomic mass is 10.1. The molecule has 2 atom stereocenters. The molecule has 5 nitrogen and oxygen atoms in total. The predicted molar refractivity (Wildman–Crippen MR) is 99.1 cm³/mol. The average molecular weight is 403 g/mol. The van der Waals surface area contributed by atoms with Gasteiger partial charge in [0.2, 0.25) is 11.8 Å². The molecule has 1 N–H and O–H groups in total. The van der Waals surface area contributed by atoms with Crippen molar-refractivity contribution in [2.45, 2.75) is 30.1 Å². The van der Waals surface area contributed by atoms with Gasteiger partial charge in [0.25, 0.3) is 0 Å². The summed E-state index contributed by atoms with van der Waals surface area (Å²) in [5, 5.41) is 2.11. The Balaban J connectivity index is 2.01. The van der Waals surface area contributed by atoms with E-state index in [0.29, 0.717) is 12.1 Å². The molecule has 0 saturated carbocycles. The van der Waals surface area contributed by atoms with E-state index in [1.807, 2.05) is 19.0 Å². The molecule has 0 spiro atoms. The van der Waals surface area contributed by atoms with E-state index in [9.17, 15) is 22.8 Å². The normalized spacial score (nSPS) is 20.4. The Morgan fingerprint density at radius 2 is 1.89 bits per heavy atom. The molecular weight excluding hydrogens is 379 g/mol. The van der Waals surface area contributed by atoms with Gasteiger partial charge in [-0.15, -0.1) is 11.8 Å². The molecule has 2 rings (SSSR count). The number of thioether (sulfide) groups is 1. The number of nitrogens with one attached hydrogen (secondary N) is 1. The molecule has 0 radical (unpaired) electrons. The molecule has 1 aromatic carbocycles.